The summed E-state index contributed by atoms with van der Waals surface area (Å²) in [5, 5.41) is 6.04. The number of carbonyl (C=O) groups excluding carboxylic acids is 1. The minimum atomic E-state index is -0.0723. The average molecular weight is 309 g/mol. The van der Waals surface area contributed by atoms with Crippen LogP contribution in [0.25, 0.3) is 0 Å². The first-order valence-electron chi connectivity index (χ1n) is 6.55. The van der Waals surface area contributed by atoms with E-state index in [1.165, 1.54) is 25.7 Å². The molecule has 18 heavy (non-hydrogen) atoms. The number of hydrogen-bond acceptors (Lipinski definition) is 1. The van der Waals surface area contributed by atoms with Gasteiger partial charge in [-0.2, -0.15) is 0 Å². The van der Waals surface area contributed by atoms with Crippen LogP contribution in [0.15, 0.2) is 28.7 Å². The Morgan fingerprint density at radius 3 is 2.44 bits per heavy atom. The minimum Gasteiger partial charge on any atom is -0.335 e. The van der Waals surface area contributed by atoms with Crippen molar-refractivity contribution in [1.82, 2.24) is 5.32 Å². The van der Waals surface area contributed by atoms with E-state index in [4.69, 9.17) is 0 Å². The molecule has 96 valence electrons. The van der Waals surface area contributed by atoms with Crippen LogP contribution >= 0.6 is 15.9 Å². The van der Waals surface area contributed by atoms with Crippen molar-refractivity contribution >= 4 is 27.6 Å². The Bertz CT molecular complexity index is 443. The van der Waals surface area contributed by atoms with Gasteiger partial charge in [-0.15, -0.1) is 0 Å². The monoisotopic (exact) mass is 308 g/mol. The van der Waals surface area contributed by atoms with Gasteiger partial charge in [-0.3, -0.25) is 0 Å². The van der Waals surface area contributed by atoms with E-state index < -0.39 is 0 Å². The third-order valence-corrected chi connectivity index (χ3v) is 4.13. The Kier molecular flexibility index (Phi) is 3.29. The second-order valence-electron chi connectivity index (χ2n) is 5.31. The van der Waals surface area contributed by atoms with E-state index in [1.54, 1.807) is 0 Å². The SMILES string of the molecule is O=C(Nc1cccc(Br)c1)NC(C1CC1)C1CC1. The Hall–Kier alpha value is -1.03. The molecule has 2 saturated carbocycles. The lowest BCUT2D eigenvalue weighted by Crippen LogP contribution is -2.40. The maximum Gasteiger partial charge on any atom is 0.319 e. The molecule has 2 N–H and O–H groups in total. The Morgan fingerprint density at radius 1 is 1.22 bits per heavy atom. The molecule has 2 amide bonds. The number of urea groups is 1. The second-order valence-corrected chi connectivity index (χ2v) is 6.23. The van der Waals surface area contributed by atoms with Crippen molar-refractivity contribution in [2.75, 3.05) is 5.32 Å². The van der Waals surface area contributed by atoms with Gasteiger partial charge in [0, 0.05) is 16.2 Å². The molecule has 2 aliphatic rings. The number of carbonyl (C=O) groups is 1. The summed E-state index contributed by atoms with van der Waals surface area (Å²) in [5.41, 5.74) is 0.826. The molecule has 0 saturated heterocycles. The number of rotatable bonds is 4. The Labute approximate surface area is 115 Å². The molecule has 4 heteroatoms. The first kappa shape index (κ1) is 12.0. The number of anilines is 1. The summed E-state index contributed by atoms with van der Waals surface area (Å²) in [4.78, 5) is 12.0. The molecule has 2 aliphatic carbocycles. The second kappa shape index (κ2) is 4.92. The van der Waals surface area contributed by atoms with Gasteiger partial charge < -0.3 is 10.6 Å². The summed E-state index contributed by atoms with van der Waals surface area (Å²) >= 11 is 3.40. The average Bonchev–Trinajstić information content (AvgIpc) is 3.18. The summed E-state index contributed by atoms with van der Waals surface area (Å²) in [6.07, 6.45) is 5.10. The van der Waals surface area contributed by atoms with Gasteiger partial charge in [0.15, 0.2) is 0 Å². The largest absolute Gasteiger partial charge is 0.335 e. The molecule has 3 nitrogen and oxygen atoms in total. The van der Waals surface area contributed by atoms with E-state index in [1.807, 2.05) is 24.3 Å². The first-order valence-corrected chi connectivity index (χ1v) is 7.35. The molecule has 0 aliphatic heterocycles. The fourth-order valence-corrected chi connectivity index (χ4v) is 2.82. The lowest BCUT2D eigenvalue weighted by molar-refractivity contribution is 0.245. The molecule has 0 aromatic heterocycles. The highest BCUT2D eigenvalue weighted by atomic mass is 79.9. The van der Waals surface area contributed by atoms with E-state index >= 15 is 0 Å². The van der Waals surface area contributed by atoms with Crippen LogP contribution in [0.2, 0.25) is 0 Å². The van der Waals surface area contributed by atoms with Crippen molar-refractivity contribution in [3.8, 4) is 0 Å². The summed E-state index contributed by atoms with van der Waals surface area (Å²) in [6, 6.07) is 7.99. The number of nitrogens with one attached hydrogen (secondary N) is 2. The minimum absolute atomic E-state index is 0.0723. The zero-order valence-corrected chi connectivity index (χ0v) is 11.7. The number of benzene rings is 1. The summed E-state index contributed by atoms with van der Waals surface area (Å²) < 4.78 is 0.973. The van der Waals surface area contributed by atoms with Crippen LogP contribution in [0, 0.1) is 11.8 Å². The van der Waals surface area contributed by atoms with Gasteiger partial charge in [0.1, 0.15) is 0 Å². The third kappa shape index (κ3) is 3.05. The lowest BCUT2D eigenvalue weighted by Gasteiger charge is -2.18. The van der Waals surface area contributed by atoms with Crippen molar-refractivity contribution < 1.29 is 4.79 Å². The summed E-state index contributed by atoms with van der Waals surface area (Å²) in [7, 11) is 0. The van der Waals surface area contributed by atoms with Crippen LogP contribution in [-0.4, -0.2) is 12.1 Å². The van der Waals surface area contributed by atoms with Gasteiger partial charge in [-0.05, 0) is 55.7 Å². The number of hydrogen-bond donors (Lipinski definition) is 2. The van der Waals surface area contributed by atoms with Crippen LogP contribution in [0.3, 0.4) is 0 Å². The van der Waals surface area contributed by atoms with Crippen molar-refractivity contribution in [2.24, 2.45) is 11.8 Å². The highest BCUT2D eigenvalue weighted by molar-refractivity contribution is 9.10. The normalized spacial score (nSPS) is 18.8. The van der Waals surface area contributed by atoms with Crippen LogP contribution in [0.5, 0.6) is 0 Å². The molecule has 0 atom stereocenters. The molecule has 2 fully saturated rings. The van der Waals surface area contributed by atoms with E-state index in [-0.39, 0.29) is 6.03 Å². The van der Waals surface area contributed by atoms with Crippen molar-refractivity contribution in [3.05, 3.63) is 28.7 Å². The Balaban J connectivity index is 1.57. The number of amides is 2. The van der Waals surface area contributed by atoms with Gasteiger partial charge in [0.2, 0.25) is 0 Å². The fraction of sp³-hybridized carbons (Fsp3) is 0.500. The predicted molar refractivity (Wildman–Crippen MR) is 75.5 cm³/mol. The quantitative estimate of drug-likeness (QED) is 0.873. The number of halogens is 1. The smallest absolute Gasteiger partial charge is 0.319 e. The standard InChI is InChI=1S/C14H17BrN2O/c15-11-2-1-3-12(8-11)16-14(18)17-13(9-4-5-9)10-6-7-10/h1-3,8-10,13H,4-7H2,(H2,16,17,18). The van der Waals surface area contributed by atoms with Crippen LogP contribution in [0.1, 0.15) is 25.7 Å². The van der Waals surface area contributed by atoms with E-state index in [0.717, 1.165) is 22.0 Å². The van der Waals surface area contributed by atoms with E-state index in [9.17, 15) is 4.79 Å². The maximum absolute atomic E-state index is 12.0. The molecular formula is C14H17BrN2O. The molecule has 3 rings (SSSR count). The highest BCUT2D eigenvalue weighted by Gasteiger charge is 2.42. The molecule has 0 radical (unpaired) electrons. The topological polar surface area (TPSA) is 41.1 Å². The van der Waals surface area contributed by atoms with Gasteiger partial charge in [-0.1, -0.05) is 22.0 Å². The lowest BCUT2D eigenvalue weighted by atomic mass is 10.1. The molecule has 0 bridgehead atoms. The van der Waals surface area contributed by atoms with Gasteiger partial charge in [-0.25, -0.2) is 4.79 Å². The van der Waals surface area contributed by atoms with Gasteiger partial charge in [0.05, 0.1) is 0 Å². The van der Waals surface area contributed by atoms with Crippen LogP contribution in [-0.2, 0) is 0 Å². The predicted octanol–water partition coefficient (Wildman–Crippen LogP) is 3.76. The van der Waals surface area contributed by atoms with Crippen LogP contribution in [0.4, 0.5) is 10.5 Å². The third-order valence-electron chi connectivity index (χ3n) is 3.64. The van der Waals surface area contributed by atoms with Crippen LogP contribution < -0.4 is 10.6 Å². The molecular weight excluding hydrogens is 292 g/mol. The first-order chi connectivity index (χ1) is 8.72. The van der Waals surface area contributed by atoms with Gasteiger partial charge >= 0.3 is 6.03 Å². The molecule has 0 heterocycles. The van der Waals surface area contributed by atoms with Gasteiger partial charge in [0.25, 0.3) is 0 Å². The van der Waals surface area contributed by atoms with E-state index in [2.05, 4.69) is 26.6 Å². The molecule has 1 aromatic rings. The zero-order chi connectivity index (χ0) is 12.5. The summed E-state index contributed by atoms with van der Waals surface area (Å²) in [6.45, 7) is 0. The van der Waals surface area contributed by atoms with Crippen molar-refractivity contribution in [1.29, 1.82) is 0 Å². The zero-order valence-electron chi connectivity index (χ0n) is 10.2. The van der Waals surface area contributed by atoms with E-state index in [0.29, 0.717) is 6.04 Å². The Morgan fingerprint density at radius 2 is 1.89 bits per heavy atom. The fourth-order valence-electron chi connectivity index (χ4n) is 2.42. The molecule has 1 aromatic carbocycles. The van der Waals surface area contributed by atoms with Crippen molar-refractivity contribution in [2.45, 2.75) is 31.7 Å². The molecule has 0 unspecified atom stereocenters. The highest BCUT2D eigenvalue weighted by Crippen LogP contribution is 2.44. The molecule has 0 spiro atoms. The maximum atomic E-state index is 12.0. The van der Waals surface area contributed by atoms with Crippen molar-refractivity contribution in [3.63, 3.8) is 0 Å². The summed E-state index contributed by atoms with van der Waals surface area (Å²) in [5.74, 6) is 1.46.